The van der Waals surface area contributed by atoms with Gasteiger partial charge in [-0.1, -0.05) is 0 Å². The van der Waals surface area contributed by atoms with E-state index in [2.05, 4.69) is 14.9 Å². The Bertz CT molecular complexity index is 855. The quantitative estimate of drug-likeness (QED) is 0.854. The molecule has 27 heavy (non-hydrogen) atoms. The van der Waals surface area contributed by atoms with Gasteiger partial charge in [0.15, 0.2) is 0 Å². The number of carbonyl (C=O) groups is 2. The number of nitrogens with one attached hydrogen (secondary N) is 1. The van der Waals surface area contributed by atoms with E-state index >= 15 is 0 Å². The van der Waals surface area contributed by atoms with Crippen LogP contribution in [0.5, 0.6) is 0 Å². The Kier molecular flexibility index (Phi) is 5.10. The third-order valence-corrected chi connectivity index (χ3v) is 4.74. The molecule has 3 heterocycles. The predicted molar refractivity (Wildman–Crippen MR) is 101 cm³/mol. The first-order valence-corrected chi connectivity index (χ1v) is 9.02. The molecule has 0 spiro atoms. The molecule has 1 fully saturated rings. The Balaban J connectivity index is 1.70. The van der Waals surface area contributed by atoms with Gasteiger partial charge in [-0.2, -0.15) is 0 Å². The van der Waals surface area contributed by atoms with E-state index < -0.39 is 11.6 Å². The Morgan fingerprint density at radius 2 is 2.19 bits per heavy atom. The zero-order valence-corrected chi connectivity index (χ0v) is 16.2. The van der Waals surface area contributed by atoms with Crippen molar-refractivity contribution in [2.75, 3.05) is 20.1 Å². The molecule has 0 aliphatic carbocycles. The van der Waals surface area contributed by atoms with E-state index in [1.54, 1.807) is 11.1 Å². The van der Waals surface area contributed by atoms with Crippen LogP contribution in [0.25, 0.3) is 11.0 Å². The van der Waals surface area contributed by atoms with Crippen LogP contribution in [0.1, 0.15) is 43.1 Å². The summed E-state index contributed by atoms with van der Waals surface area (Å²) in [6.07, 6.45) is 3.86. The number of likely N-dealkylation sites (tertiary alicyclic amines) is 1. The first-order chi connectivity index (χ1) is 12.7. The van der Waals surface area contributed by atoms with Crippen LogP contribution >= 0.6 is 0 Å². The van der Waals surface area contributed by atoms with Gasteiger partial charge in [0.1, 0.15) is 11.2 Å². The highest BCUT2D eigenvalue weighted by atomic mass is 16.6. The standard InChI is InChI=1S/C19H26N4O4/c1-19(2,3)27-18(26)23-8-6-13(11-23)22(4)10-12-9-21-16-15(12)14(17(24)25)5-7-20-16/h5,7,9,13H,6,8,10-11H2,1-4H3,(H,20,21)(H,24,25). The number of aromatic nitrogens is 2. The maximum absolute atomic E-state index is 12.2. The van der Waals surface area contributed by atoms with E-state index in [9.17, 15) is 14.7 Å². The average Bonchev–Trinajstić information content (AvgIpc) is 3.20. The normalized spacial score (nSPS) is 17.7. The van der Waals surface area contributed by atoms with Crippen molar-refractivity contribution in [2.24, 2.45) is 0 Å². The largest absolute Gasteiger partial charge is 0.478 e. The number of carbonyl (C=O) groups excluding carboxylic acids is 1. The monoisotopic (exact) mass is 374 g/mol. The highest BCUT2D eigenvalue weighted by molar-refractivity contribution is 6.03. The Morgan fingerprint density at radius 3 is 2.85 bits per heavy atom. The molecule has 146 valence electrons. The number of ether oxygens (including phenoxy) is 1. The molecule has 0 bridgehead atoms. The first-order valence-electron chi connectivity index (χ1n) is 9.02. The number of aromatic amines is 1. The summed E-state index contributed by atoms with van der Waals surface area (Å²) >= 11 is 0. The number of H-pyrrole nitrogens is 1. The molecule has 2 aromatic rings. The van der Waals surface area contributed by atoms with Crippen LogP contribution in [0, 0.1) is 0 Å². The van der Waals surface area contributed by atoms with Crippen LogP contribution < -0.4 is 0 Å². The summed E-state index contributed by atoms with van der Waals surface area (Å²) in [5.41, 5.74) is 1.19. The molecular weight excluding hydrogens is 348 g/mol. The van der Waals surface area contributed by atoms with Gasteiger partial charge >= 0.3 is 12.1 Å². The molecule has 1 atom stereocenters. The Morgan fingerprint density at radius 1 is 1.44 bits per heavy atom. The molecular formula is C19H26N4O4. The highest BCUT2D eigenvalue weighted by Gasteiger charge is 2.32. The topological polar surface area (TPSA) is 98.8 Å². The fraction of sp³-hybridized carbons (Fsp3) is 0.526. The van der Waals surface area contributed by atoms with Gasteiger partial charge < -0.3 is 19.7 Å². The van der Waals surface area contributed by atoms with Crippen LogP contribution in [0.4, 0.5) is 4.79 Å². The second-order valence-electron chi connectivity index (χ2n) is 7.99. The molecule has 1 unspecified atom stereocenters. The maximum atomic E-state index is 12.2. The Labute approximate surface area is 158 Å². The Hall–Kier alpha value is -2.61. The van der Waals surface area contributed by atoms with Crippen LogP contribution in [0.3, 0.4) is 0 Å². The summed E-state index contributed by atoms with van der Waals surface area (Å²) in [6, 6.07) is 1.70. The molecule has 1 aliphatic heterocycles. The molecule has 1 saturated heterocycles. The lowest BCUT2D eigenvalue weighted by Gasteiger charge is -2.26. The van der Waals surface area contributed by atoms with Gasteiger partial charge in [-0.3, -0.25) is 4.90 Å². The van der Waals surface area contributed by atoms with Crippen molar-refractivity contribution in [3.63, 3.8) is 0 Å². The van der Waals surface area contributed by atoms with Crippen molar-refractivity contribution < 1.29 is 19.4 Å². The van der Waals surface area contributed by atoms with E-state index in [-0.39, 0.29) is 17.7 Å². The lowest BCUT2D eigenvalue weighted by atomic mass is 10.1. The van der Waals surface area contributed by atoms with Gasteiger partial charge in [-0.25, -0.2) is 14.6 Å². The minimum atomic E-state index is -0.970. The third kappa shape index (κ3) is 4.21. The molecule has 0 radical (unpaired) electrons. The van der Waals surface area contributed by atoms with Crippen molar-refractivity contribution in [2.45, 2.75) is 45.4 Å². The number of aromatic carboxylic acids is 1. The van der Waals surface area contributed by atoms with E-state index in [1.807, 2.05) is 27.8 Å². The molecule has 1 aliphatic rings. The number of pyridine rings is 1. The lowest BCUT2D eigenvalue weighted by molar-refractivity contribution is 0.0281. The van der Waals surface area contributed by atoms with Crippen LogP contribution in [0.2, 0.25) is 0 Å². The molecule has 1 amide bonds. The van der Waals surface area contributed by atoms with Crippen molar-refractivity contribution in [3.05, 3.63) is 29.6 Å². The molecule has 3 rings (SSSR count). The van der Waals surface area contributed by atoms with Crippen LogP contribution in [0.15, 0.2) is 18.5 Å². The highest BCUT2D eigenvalue weighted by Crippen LogP contribution is 2.25. The average molecular weight is 374 g/mol. The summed E-state index contributed by atoms with van der Waals surface area (Å²) in [5, 5.41) is 10.1. The number of likely N-dealkylation sites (N-methyl/N-ethyl adjacent to an activating group) is 1. The molecule has 0 aromatic carbocycles. The molecule has 2 N–H and O–H groups in total. The van der Waals surface area contributed by atoms with Gasteiger partial charge in [0, 0.05) is 43.5 Å². The smallest absolute Gasteiger partial charge is 0.410 e. The number of hydrogen-bond donors (Lipinski definition) is 2. The van der Waals surface area contributed by atoms with Gasteiger partial charge in [0.2, 0.25) is 0 Å². The van der Waals surface area contributed by atoms with E-state index in [4.69, 9.17) is 4.74 Å². The second kappa shape index (κ2) is 7.19. The summed E-state index contributed by atoms with van der Waals surface area (Å²) in [4.78, 5) is 34.9. The SMILES string of the molecule is CN(Cc1c[nH]c2nccc(C(=O)O)c12)C1CCN(C(=O)OC(C)(C)C)C1. The maximum Gasteiger partial charge on any atom is 0.410 e. The lowest BCUT2D eigenvalue weighted by Crippen LogP contribution is -2.38. The van der Waals surface area contributed by atoms with Crippen LogP contribution in [-0.4, -0.2) is 68.7 Å². The minimum Gasteiger partial charge on any atom is -0.478 e. The molecule has 0 saturated carbocycles. The van der Waals surface area contributed by atoms with Gasteiger partial charge in [-0.15, -0.1) is 0 Å². The van der Waals surface area contributed by atoms with E-state index in [1.165, 1.54) is 12.3 Å². The second-order valence-corrected chi connectivity index (χ2v) is 7.99. The fourth-order valence-electron chi connectivity index (χ4n) is 3.42. The van der Waals surface area contributed by atoms with Crippen molar-refractivity contribution in [1.29, 1.82) is 0 Å². The number of fused-ring (bicyclic) bond motifs is 1. The summed E-state index contributed by atoms with van der Waals surface area (Å²) in [5.74, 6) is -0.970. The van der Waals surface area contributed by atoms with Gasteiger partial charge in [0.25, 0.3) is 0 Å². The first kappa shape index (κ1) is 19.2. The van der Waals surface area contributed by atoms with Crippen molar-refractivity contribution >= 4 is 23.1 Å². The zero-order chi connectivity index (χ0) is 19.8. The number of rotatable bonds is 4. The number of nitrogens with zero attached hydrogens (tertiary/aromatic N) is 3. The van der Waals surface area contributed by atoms with E-state index in [0.29, 0.717) is 30.7 Å². The van der Waals surface area contributed by atoms with Gasteiger partial charge in [-0.05, 0) is 45.9 Å². The summed E-state index contributed by atoms with van der Waals surface area (Å²) in [6.45, 7) is 7.39. The van der Waals surface area contributed by atoms with Crippen molar-refractivity contribution in [1.82, 2.24) is 19.8 Å². The number of carboxylic acids is 1. The molecule has 8 heteroatoms. The molecule has 2 aromatic heterocycles. The minimum absolute atomic E-state index is 0.187. The third-order valence-electron chi connectivity index (χ3n) is 4.74. The van der Waals surface area contributed by atoms with Crippen molar-refractivity contribution in [3.8, 4) is 0 Å². The summed E-state index contributed by atoms with van der Waals surface area (Å²) < 4.78 is 5.45. The van der Waals surface area contributed by atoms with E-state index in [0.717, 1.165) is 12.0 Å². The van der Waals surface area contributed by atoms with Gasteiger partial charge in [0.05, 0.1) is 5.56 Å². The fourth-order valence-corrected chi connectivity index (χ4v) is 3.42. The number of hydrogen-bond acceptors (Lipinski definition) is 5. The predicted octanol–water partition coefficient (Wildman–Crippen LogP) is 2.70. The zero-order valence-electron chi connectivity index (χ0n) is 16.2. The molecule has 8 nitrogen and oxygen atoms in total. The number of carboxylic acid groups (broad SMARTS) is 1. The summed E-state index contributed by atoms with van der Waals surface area (Å²) in [7, 11) is 1.99. The van der Waals surface area contributed by atoms with Crippen LogP contribution in [-0.2, 0) is 11.3 Å². The number of amides is 1.